The van der Waals surface area contributed by atoms with Crippen LogP contribution < -0.4 is 15.5 Å². The molecule has 0 bridgehead atoms. The molecule has 3 rings (SSSR count). The van der Waals surface area contributed by atoms with Gasteiger partial charge in [-0.3, -0.25) is 15.4 Å². The highest BCUT2D eigenvalue weighted by molar-refractivity contribution is 6.76. The van der Waals surface area contributed by atoms with Crippen LogP contribution in [0.5, 0.6) is 0 Å². The topological polar surface area (TPSA) is 123 Å². The second-order valence-corrected chi connectivity index (χ2v) is 17.6. The second-order valence-electron chi connectivity index (χ2n) is 11.9. The number of nitro benzene ring substituents is 1. The molecule has 1 saturated heterocycles. The van der Waals surface area contributed by atoms with Crippen LogP contribution in [0.25, 0.3) is 0 Å². The number of hydrogen-bond donors (Lipinski definition) is 2. The average molecular weight is 567 g/mol. The van der Waals surface area contributed by atoms with E-state index in [2.05, 4.69) is 47.0 Å². The maximum atomic E-state index is 12.3. The Bertz CT molecular complexity index is 1310. The van der Waals surface area contributed by atoms with E-state index in [4.69, 9.17) is 9.47 Å². The number of nitrogens with zero attached hydrogens (tertiary/aromatic N) is 2. The van der Waals surface area contributed by atoms with E-state index in [9.17, 15) is 19.7 Å². The Labute approximate surface area is 236 Å². The molecule has 1 atom stereocenters. The molecular weight excluding hydrogens is 528 g/mol. The minimum atomic E-state index is -1.29. The first-order valence-electron chi connectivity index (χ1n) is 13.3. The SMILES string of the molecule is CC(C)(C)OC(=O)Nc1cccc(C#Cc2cc([N+](=O)[O-])ccc2N2CCC(NC(=O)OCC[Si](C)(C)C)C2)c1. The summed E-state index contributed by atoms with van der Waals surface area (Å²) in [5.41, 5.74) is 1.69. The van der Waals surface area contributed by atoms with E-state index in [1.807, 2.05) is 0 Å². The van der Waals surface area contributed by atoms with Crippen molar-refractivity contribution < 1.29 is 24.0 Å². The summed E-state index contributed by atoms with van der Waals surface area (Å²) in [4.78, 5) is 37.5. The third-order valence-electron chi connectivity index (χ3n) is 5.98. The lowest BCUT2D eigenvalue weighted by molar-refractivity contribution is -0.384. The number of anilines is 2. The molecule has 2 N–H and O–H groups in total. The van der Waals surface area contributed by atoms with Gasteiger partial charge >= 0.3 is 12.2 Å². The van der Waals surface area contributed by atoms with Crippen molar-refractivity contribution in [2.24, 2.45) is 0 Å². The molecule has 1 unspecified atom stereocenters. The highest BCUT2D eigenvalue weighted by Gasteiger charge is 2.27. The van der Waals surface area contributed by atoms with Gasteiger partial charge in [-0.25, -0.2) is 9.59 Å². The third-order valence-corrected chi connectivity index (χ3v) is 7.68. The molecular formula is C29H38N4O6Si. The first-order valence-corrected chi connectivity index (χ1v) is 17.0. The largest absolute Gasteiger partial charge is 0.450 e. The summed E-state index contributed by atoms with van der Waals surface area (Å²) in [5, 5.41) is 17.1. The molecule has 0 spiro atoms. The number of carbonyl (C=O) groups is 2. The summed E-state index contributed by atoms with van der Waals surface area (Å²) in [6.07, 6.45) is -0.282. The molecule has 214 valence electrons. The monoisotopic (exact) mass is 566 g/mol. The van der Waals surface area contributed by atoms with Gasteiger partial charge in [-0.15, -0.1) is 0 Å². The number of alkyl carbamates (subject to hydrolysis) is 1. The zero-order valence-corrected chi connectivity index (χ0v) is 25.0. The van der Waals surface area contributed by atoms with Crippen molar-refractivity contribution in [3.05, 3.63) is 63.7 Å². The number of ether oxygens (including phenoxy) is 2. The Hall–Kier alpha value is -4.04. The van der Waals surface area contributed by atoms with Crippen molar-refractivity contribution in [2.75, 3.05) is 29.9 Å². The summed E-state index contributed by atoms with van der Waals surface area (Å²) in [5.74, 6) is 6.12. The van der Waals surface area contributed by atoms with Gasteiger partial charge in [-0.1, -0.05) is 37.5 Å². The van der Waals surface area contributed by atoms with Gasteiger partial charge in [0.1, 0.15) is 5.60 Å². The summed E-state index contributed by atoms with van der Waals surface area (Å²) in [6.45, 7) is 13.6. The Morgan fingerprint density at radius 3 is 2.55 bits per heavy atom. The summed E-state index contributed by atoms with van der Waals surface area (Å²) in [6, 6.07) is 12.4. The van der Waals surface area contributed by atoms with Crippen LogP contribution in [0, 0.1) is 22.0 Å². The van der Waals surface area contributed by atoms with Gasteiger partial charge < -0.3 is 19.7 Å². The van der Waals surface area contributed by atoms with Gasteiger partial charge in [0.05, 0.1) is 28.8 Å². The zero-order valence-electron chi connectivity index (χ0n) is 24.0. The predicted octanol–water partition coefficient (Wildman–Crippen LogP) is 5.98. The van der Waals surface area contributed by atoms with Crippen molar-refractivity contribution in [1.82, 2.24) is 5.32 Å². The number of hydrogen-bond acceptors (Lipinski definition) is 7. The summed E-state index contributed by atoms with van der Waals surface area (Å²) < 4.78 is 10.7. The molecule has 0 saturated carbocycles. The fourth-order valence-electron chi connectivity index (χ4n) is 4.00. The van der Waals surface area contributed by atoms with Crippen molar-refractivity contribution in [1.29, 1.82) is 0 Å². The first kappa shape index (κ1) is 30.5. The molecule has 1 fully saturated rings. The lowest BCUT2D eigenvalue weighted by Gasteiger charge is -2.21. The van der Waals surface area contributed by atoms with Gasteiger partial charge in [0.15, 0.2) is 0 Å². The third kappa shape index (κ3) is 9.93. The first-order chi connectivity index (χ1) is 18.7. The van der Waals surface area contributed by atoms with E-state index in [-0.39, 0.29) is 11.7 Å². The number of nitro groups is 1. The van der Waals surface area contributed by atoms with Gasteiger partial charge in [0, 0.05) is 44.5 Å². The minimum Gasteiger partial charge on any atom is -0.450 e. The Morgan fingerprint density at radius 2 is 1.88 bits per heavy atom. The van der Waals surface area contributed by atoms with Crippen LogP contribution in [0.4, 0.5) is 26.7 Å². The number of nitrogens with one attached hydrogen (secondary N) is 2. The average Bonchev–Trinajstić information content (AvgIpc) is 3.28. The van der Waals surface area contributed by atoms with Crippen molar-refractivity contribution >= 4 is 37.3 Å². The standard InChI is InChI=1S/C29H38N4O6Si/c1-29(2,3)39-28(35)30-23-9-7-8-21(18-23)10-11-22-19-25(33(36)37)12-13-26(22)32-15-14-24(20-32)31-27(34)38-16-17-40(4,5)6/h7-9,12-13,18-19,24H,14-17,20H2,1-6H3,(H,30,35)(H,31,34). The minimum absolute atomic E-state index is 0.0618. The normalized spacial score (nSPS) is 15.1. The molecule has 1 aliphatic rings. The molecule has 11 heteroatoms. The molecule has 0 aliphatic carbocycles. The van der Waals surface area contributed by atoms with Gasteiger partial charge in [0.25, 0.3) is 5.69 Å². The highest BCUT2D eigenvalue weighted by Crippen LogP contribution is 2.28. The predicted molar refractivity (Wildman–Crippen MR) is 159 cm³/mol. The van der Waals surface area contributed by atoms with Gasteiger partial charge in [-0.2, -0.15) is 0 Å². The molecule has 0 aromatic heterocycles. The Kier molecular flexibility index (Phi) is 9.81. The maximum absolute atomic E-state index is 12.3. The van der Waals surface area contributed by atoms with Crippen molar-refractivity contribution in [2.45, 2.75) is 64.5 Å². The van der Waals surface area contributed by atoms with E-state index in [0.29, 0.717) is 42.9 Å². The lowest BCUT2D eigenvalue weighted by atomic mass is 10.1. The van der Waals surface area contributed by atoms with E-state index in [0.717, 1.165) is 11.7 Å². The fraction of sp³-hybridized carbons (Fsp3) is 0.448. The molecule has 2 aromatic carbocycles. The van der Waals surface area contributed by atoms with Crippen LogP contribution in [-0.2, 0) is 9.47 Å². The molecule has 40 heavy (non-hydrogen) atoms. The van der Waals surface area contributed by atoms with E-state index >= 15 is 0 Å². The summed E-state index contributed by atoms with van der Waals surface area (Å²) >= 11 is 0. The van der Waals surface area contributed by atoms with E-state index in [1.165, 1.54) is 12.1 Å². The van der Waals surface area contributed by atoms with Crippen LogP contribution in [0.1, 0.15) is 38.3 Å². The van der Waals surface area contributed by atoms with Gasteiger partial charge in [0.2, 0.25) is 0 Å². The number of benzene rings is 2. The Balaban J connectivity index is 1.73. The fourth-order valence-corrected chi connectivity index (χ4v) is 4.72. The molecule has 10 nitrogen and oxygen atoms in total. The summed E-state index contributed by atoms with van der Waals surface area (Å²) in [7, 11) is -1.29. The quantitative estimate of drug-likeness (QED) is 0.183. The van der Waals surface area contributed by atoms with E-state index in [1.54, 1.807) is 51.1 Å². The second kappa shape index (κ2) is 12.9. The van der Waals surface area contributed by atoms with E-state index < -0.39 is 30.8 Å². The van der Waals surface area contributed by atoms with Crippen LogP contribution in [0.3, 0.4) is 0 Å². The maximum Gasteiger partial charge on any atom is 0.412 e. The number of rotatable bonds is 7. The highest BCUT2D eigenvalue weighted by atomic mass is 28.3. The lowest BCUT2D eigenvalue weighted by Crippen LogP contribution is -2.38. The number of non-ortho nitro benzene ring substituents is 1. The molecule has 2 aromatic rings. The van der Waals surface area contributed by atoms with Crippen molar-refractivity contribution in [3.63, 3.8) is 0 Å². The van der Waals surface area contributed by atoms with Crippen molar-refractivity contribution in [3.8, 4) is 11.8 Å². The smallest absolute Gasteiger partial charge is 0.412 e. The van der Waals surface area contributed by atoms with Crippen LogP contribution in [0.15, 0.2) is 42.5 Å². The Morgan fingerprint density at radius 1 is 1.12 bits per heavy atom. The molecule has 0 radical (unpaired) electrons. The zero-order chi connectivity index (χ0) is 29.5. The molecule has 2 amide bonds. The molecule has 1 heterocycles. The molecule has 1 aliphatic heterocycles. The van der Waals surface area contributed by atoms with Crippen LogP contribution in [0.2, 0.25) is 25.7 Å². The van der Waals surface area contributed by atoms with Crippen LogP contribution in [-0.4, -0.2) is 56.5 Å². The number of amides is 2. The van der Waals surface area contributed by atoms with Gasteiger partial charge in [-0.05, 0) is 57.5 Å². The van der Waals surface area contributed by atoms with Crippen LogP contribution >= 0.6 is 0 Å². The number of carbonyl (C=O) groups excluding carboxylic acids is 2.